The summed E-state index contributed by atoms with van der Waals surface area (Å²) < 4.78 is 0. The van der Waals surface area contributed by atoms with Gasteiger partial charge in [0, 0.05) is 0 Å². The van der Waals surface area contributed by atoms with Gasteiger partial charge in [-0.15, -0.1) is 0 Å². The van der Waals surface area contributed by atoms with Gasteiger partial charge in [-0.05, 0) is 17.8 Å². The highest BCUT2D eigenvalue weighted by Gasteiger charge is 2.07. The first kappa shape index (κ1) is 27.0. The molecule has 164 valence electrons. The number of unbranched alkanes of at least 4 members (excludes halogenated alkanes) is 9. The number of hydrogen-bond donors (Lipinski definition) is 0. The van der Waals surface area contributed by atoms with Gasteiger partial charge in [0.2, 0.25) is 0 Å². The molecule has 0 nitrogen and oxygen atoms in total. The van der Waals surface area contributed by atoms with Gasteiger partial charge in [0.25, 0.3) is 0 Å². The normalized spacial score (nSPS) is 15.0. The Morgan fingerprint density at radius 2 is 0.667 bits per heavy atom. The fraction of sp³-hybridized carbons (Fsp3) is 1.00. The maximum atomic E-state index is 2.49. The maximum absolute atomic E-state index is 2.49. The highest BCUT2D eigenvalue weighted by Crippen LogP contribution is 2.22. The van der Waals surface area contributed by atoms with Crippen LogP contribution < -0.4 is 0 Å². The molecule has 0 heterocycles. The first-order valence-electron chi connectivity index (χ1n) is 13.1. The van der Waals surface area contributed by atoms with E-state index >= 15 is 0 Å². The molecule has 0 aromatic carbocycles. The molecule has 0 aliphatic heterocycles. The quantitative estimate of drug-likeness (QED) is 0.174. The lowest BCUT2D eigenvalue weighted by Crippen LogP contribution is -2.01. The topological polar surface area (TPSA) is 0 Å². The van der Waals surface area contributed by atoms with Crippen molar-refractivity contribution in [2.75, 3.05) is 0 Å². The highest BCUT2D eigenvalue weighted by molar-refractivity contribution is 4.60. The number of hydrogen-bond acceptors (Lipinski definition) is 0. The van der Waals surface area contributed by atoms with Crippen LogP contribution in [0, 0.1) is 17.8 Å². The Labute approximate surface area is 174 Å². The zero-order valence-electron chi connectivity index (χ0n) is 20.2. The molecular weight excluding hydrogens is 324 g/mol. The third kappa shape index (κ3) is 20.5. The molecule has 0 aliphatic carbocycles. The largest absolute Gasteiger partial charge is 0.0654 e. The summed E-state index contributed by atoms with van der Waals surface area (Å²) in [6.45, 7) is 12.0. The van der Waals surface area contributed by atoms with Crippen molar-refractivity contribution in [3.05, 3.63) is 0 Å². The Kier molecular flexibility index (Phi) is 20.7. The lowest BCUT2D eigenvalue weighted by molar-refractivity contribution is 0.377. The minimum Gasteiger partial charge on any atom is -0.0654 e. The molecule has 0 amide bonds. The van der Waals surface area contributed by atoms with Gasteiger partial charge < -0.3 is 0 Å². The third-order valence-electron chi connectivity index (χ3n) is 6.62. The van der Waals surface area contributed by atoms with Crippen molar-refractivity contribution in [3.63, 3.8) is 0 Å². The van der Waals surface area contributed by atoms with E-state index < -0.39 is 0 Å². The lowest BCUT2D eigenvalue weighted by Gasteiger charge is -2.15. The van der Waals surface area contributed by atoms with Gasteiger partial charge in [0.05, 0.1) is 0 Å². The summed E-state index contributed by atoms with van der Waals surface area (Å²) in [5.74, 6) is 2.85. The van der Waals surface area contributed by atoms with Crippen LogP contribution in [-0.4, -0.2) is 0 Å². The fourth-order valence-corrected chi connectivity index (χ4v) is 4.54. The second-order valence-electron chi connectivity index (χ2n) is 9.94. The van der Waals surface area contributed by atoms with E-state index in [2.05, 4.69) is 34.6 Å². The SMILES string of the molecule is CCCCCCCCCCCCC(C)CCCC(C)CCCC(C)CCC. The molecule has 0 heteroatoms. The summed E-state index contributed by atoms with van der Waals surface area (Å²) in [7, 11) is 0. The molecule has 0 aromatic heterocycles. The third-order valence-corrected chi connectivity index (χ3v) is 6.62. The van der Waals surface area contributed by atoms with Crippen LogP contribution in [0.5, 0.6) is 0 Å². The van der Waals surface area contributed by atoms with Crippen molar-refractivity contribution >= 4 is 0 Å². The molecule has 0 aliphatic rings. The summed E-state index contributed by atoms with van der Waals surface area (Å²) in [4.78, 5) is 0. The van der Waals surface area contributed by atoms with Crippen molar-refractivity contribution in [1.82, 2.24) is 0 Å². The van der Waals surface area contributed by atoms with Gasteiger partial charge in [-0.2, -0.15) is 0 Å². The Morgan fingerprint density at radius 1 is 0.333 bits per heavy atom. The summed E-state index contributed by atoms with van der Waals surface area (Å²) in [5.41, 5.74) is 0. The summed E-state index contributed by atoms with van der Waals surface area (Å²) >= 11 is 0. The van der Waals surface area contributed by atoms with Gasteiger partial charge in [0.15, 0.2) is 0 Å². The zero-order chi connectivity index (χ0) is 20.2. The fourth-order valence-electron chi connectivity index (χ4n) is 4.54. The number of rotatable bonds is 21. The molecule has 0 fully saturated rings. The average molecular weight is 381 g/mol. The van der Waals surface area contributed by atoms with E-state index in [1.807, 2.05) is 0 Å². The van der Waals surface area contributed by atoms with Gasteiger partial charge in [-0.25, -0.2) is 0 Å². The molecule has 3 atom stereocenters. The summed E-state index contributed by atoms with van der Waals surface area (Å²) in [6.07, 6.45) is 27.6. The molecule has 0 saturated heterocycles. The van der Waals surface area contributed by atoms with Crippen molar-refractivity contribution < 1.29 is 0 Å². The van der Waals surface area contributed by atoms with E-state index in [1.54, 1.807) is 0 Å². The van der Waals surface area contributed by atoms with Crippen LogP contribution in [0.4, 0.5) is 0 Å². The van der Waals surface area contributed by atoms with E-state index in [-0.39, 0.29) is 0 Å². The van der Waals surface area contributed by atoms with E-state index in [0.717, 1.165) is 17.8 Å². The molecule has 0 rings (SSSR count). The molecule has 0 N–H and O–H groups in total. The Hall–Kier alpha value is 0. The molecule has 3 unspecified atom stereocenters. The molecule has 27 heavy (non-hydrogen) atoms. The smallest absolute Gasteiger partial charge is 0.0443 e. The van der Waals surface area contributed by atoms with E-state index in [9.17, 15) is 0 Å². The Morgan fingerprint density at radius 3 is 1.07 bits per heavy atom. The minimum atomic E-state index is 0.947. The van der Waals surface area contributed by atoms with Crippen LogP contribution in [-0.2, 0) is 0 Å². The molecule has 0 radical (unpaired) electrons. The maximum Gasteiger partial charge on any atom is -0.0443 e. The monoisotopic (exact) mass is 380 g/mol. The van der Waals surface area contributed by atoms with E-state index in [0.29, 0.717) is 0 Å². The van der Waals surface area contributed by atoms with E-state index in [1.165, 1.54) is 122 Å². The van der Waals surface area contributed by atoms with Crippen LogP contribution in [0.3, 0.4) is 0 Å². The van der Waals surface area contributed by atoms with E-state index in [4.69, 9.17) is 0 Å². The first-order valence-corrected chi connectivity index (χ1v) is 13.1. The van der Waals surface area contributed by atoms with Gasteiger partial charge in [-0.3, -0.25) is 0 Å². The van der Waals surface area contributed by atoms with Gasteiger partial charge >= 0.3 is 0 Å². The first-order chi connectivity index (χ1) is 13.1. The summed E-state index contributed by atoms with van der Waals surface area (Å²) in [5, 5.41) is 0. The van der Waals surface area contributed by atoms with Crippen LogP contribution in [0.2, 0.25) is 0 Å². The predicted octanol–water partition coefficient (Wildman–Crippen LogP) is 10.3. The molecule has 0 saturated carbocycles. The minimum absolute atomic E-state index is 0.947. The average Bonchev–Trinajstić information content (AvgIpc) is 2.63. The lowest BCUT2D eigenvalue weighted by atomic mass is 9.91. The standard InChI is InChI=1S/C27H56/c1-6-8-9-10-11-12-13-14-15-16-20-26(4)22-18-24-27(5)23-17-21-25(3)19-7-2/h25-27H,6-24H2,1-5H3. The molecule has 0 bridgehead atoms. The second-order valence-corrected chi connectivity index (χ2v) is 9.94. The summed E-state index contributed by atoms with van der Waals surface area (Å²) in [6, 6.07) is 0. The zero-order valence-corrected chi connectivity index (χ0v) is 20.2. The van der Waals surface area contributed by atoms with Crippen LogP contribution in [0.15, 0.2) is 0 Å². The van der Waals surface area contributed by atoms with Crippen molar-refractivity contribution in [3.8, 4) is 0 Å². The Bertz CT molecular complexity index is 269. The van der Waals surface area contributed by atoms with Crippen LogP contribution in [0.25, 0.3) is 0 Å². The second kappa shape index (κ2) is 20.7. The van der Waals surface area contributed by atoms with Crippen LogP contribution >= 0.6 is 0 Å². The van der Waals surface area contributed by atoms with Crippen molar-refractivity contribution in [1.29, 1.82) is 0 Å². The molecular formula is C27H56. The predicted molar refractivity (Wildman–Crippen MR) is 127 cm³/mol. The molecule has 0 spiro atoms. The van der Waals surface area contributed by atoms with Gasteiger partial charge in [0.1, 0.15) is 0 Å². The highest BCUT2D eigenvalue weighted by atomic mass is 14.1. The Balaban J connectivity index is 3.34. The van der Waals surface area contributed by atoms with Gasteiger partial charge in [-0.1, -0.05) is 157 Å². The van der Waals surface area contributed by atoms with Crippen molar-refractivity contribution in [2.45, 2.75) is 157 Å². The van der Waals surface area contributed by atoms with Crippen LogP contribution in [0.1, 0.15) is 157 Å². The molecule has 0 aromatic rings. The van der Waals surface area contributed by atoms with Crippen molar-refractivity contribution in [2.24, 2.45) is 17.8 Å².